The second-order valence-electron chi connectivity index (χ2n) is 8.48. The number of rotatable bonds is 3. The summed E-state index contributed by atoms with van der Waals surface area (Å²) in [4.78, 5) is 14.0. The lowest BCUT2D eigenvalue weighted by molar-refractivity contribution is -0.235. The smallest absolute Gasteiger partial charge is 0.194 e. The molecule has 7 heteroatoms. The minimum atomic E-state index is -0.775. The fraction of sp³-hybridized carbons (Fsp3) is 0.500. The van der Waals surface area contributed by atoms with E-state index in [4.69, 9.17) is 23.7 Å². The zero-order chi connectivity index (χ0) is 20.4. The van der Waals surface area contributed by atoms with Crippen molar-refractivity contribution in [1.29, 1.82) is 0 Å². The van der Waals surface area contributed by atoms with Gasteiger partial charge in [0.05, 0.1) is 0 Å². The van der Waals surface area contributed by atoms with Crippen LogP contribution in [0, 0.1) is 0 Å². The van der Waals surface area contributed by atoms with Gasteiger partial charge in [0, 0.05) is 16.0 Å². The van der Waals surface area contributed by atoms with E-state index in [1.165, 1.54) is 11.3 Å². The topological polar surface area (TPSA) is 63.2 Å². The molecule has 3 fully saturated rings. The van der Waals surface area contributed by atoms with Gasteiger partial charge in [0.25, 0.3) is 0 Å². The Labute approximate surface area is 173 Å². The van der Waals surface area contributed by atoms with E-state index in [0.29, 0.717) is 11.1 Å². The van der Waals surface area contributed by atoms with Crippen LogP contribution in [0.1, 0.15) is 54.6 Å². The molecule has 0 N–H and O–H groups in total. The monoisotopic (exact) mass is 416 g/mol. The number of benzene rings is 1. The maximum atomic E-state index is 13.1. The number of fused-ring (bicyclic) bond motifs is 3. The molecule has 5 rings (SSSR count). The highest BCUT2D eigenvalue weighted by Gasteiger charge is 2.61. The van der Waals surface area contributed by atoms with E-state index in [1.807, 2.05) is 69.5 Å². The molecule has 3 aliphatic heterocycles. The summed E-state index contributed by atoms with van der Waals surface area (Å²) in [5.74, 6) is -1.59. The second-order valence-corrected chi connectivity index (χ2v) is 9.43. The van der Waals surface area contributed by atoms with Gasteiger partial charge >= 0.3 is 0 Å². The van der Waals surface area contributed by atoms with Gasteiger partial charge in [0.2, 0.25) is 0 Å². The van der Waals surface area contributed by atoms with Gasteiger partial charge in [-0.25, -0.2) is 0 Å². The summed E-state index contributed by atoms with van der Waals surface area (Å²) in [7, 11) is 0. The van der Waals surface area contributed by atoms with Crippen molar-refractivity contribution in [3.63, 3.8) is 0 Å². The van der Waals surface area contributed by atoms with Gasteiger partial charge in [-0.15, -0.1) is 11.3 Å². The first-order valence-electron chi connectivity index (χ1n) is 9.78. The Kier molecular flexibility index (Phi) is 4.47. The third-order valence-electron chi connectivity index (χ3n) is 5.39. The van der Waals surface area contributed by atoms with Crippen molar-refractivity contribution in [3.8, 4) is 0 Å². The number of carbonyl (C=O) groups is 1. The third kappa shape index (κ3) is 3.36. The molecule has 0 amide bonds. The number of ether oxygens (including phenoxy) is 5. The predicted octanol–water partition coefficient (Wildman–Crippen LogP) is 4.05. The van der Waals surface area contributed by atoms with Crippen molar-refractivity contribution in [1.82, 2.24) is 0 Å². The molecule has 29 heavy (non-hydrogen) atoms. The van der Waals surface area contributed by atoms with Gasteiger partial charge in [-0.3, -0.25) is 4.79 Å². The van der Waals surface area contributed by atoms with E-state index in [2.05, 4.69) is 0 Å². The Morgan fingerprint density at radius 1 is 0.862 bits per heavy atom. The zero-order valence-electron chi connectivity index (χ0n) is 16.8. The molecule has 0 bridgehead atoms. The number of hydrogen-bond acceptors (Lipinski definition) is 7. The molecule has 1 aromatic heterocycles. The maximum absolute atomic E-state index is 13.1. The molecule has 5 atom stereocenters. The van der Waals surface area contributed by atoms with Crippen molar-refractivity contribution >= 4 is 17.1 Å². The van der Waals surface area contributed by atoms with Gasteiger partial charge in [0.15, 0.2) is 23.6 Å². The Morgan fingerprint density at radius 2 is 1.52 bits per heavy atom. The normalized spacial score (nSPS) is 34.6. The summed E-state index contributed by atoms with van der Waals surface area (Å²) in [5.41, 5.74) is 1.26. The van der Waals surface area contributed by atoms with Crippen LogP contribution < -0.4 is 0 Å². The lowest BCUT2D eigenvalue weighted by atomic mass is 9.94. The fourth-order valence-electron chi connectivity index (χ4n) is 4.30. The molecule has 2 aromatic rings. The summed E-state index contributed by atoms with van der Waals surface area (Å²) in [6.45, 7) is 7.47. The van der Waals surface area contributed by atoms with Gasteiger partial charge in [-0.1, -0.05) is 30.3 Å². The minimum Gasteiger partial charge on any atom is -0.342 e. The van der Waals surface area contributed by atoms with Gasteiger partial charge in [0.1, 0.15) is 24.4 Å². The van der Waals surface area contributed by atoms with E-state index in [-0.39, 0.29) is 18.0 Å². The van der Waals surface area contributed by atoms with Crippen LogP contribution >= 0.6 is 11.3 Å². The first kappa shape index (κ1) is 19.4. The van der Waals surface area contributed by atoms with Gasteiger partial charge < -0.3 is 23.7 Å². The van der Waals surface area contributed by atoms with Crippen molar-refractivity contribution in [3.05, 3.63) is 57.8 Å². The zero-order valence-corrected chi connectivity index (χ0v) is 17.6. The van der Waals surface area contributed by atoms with Crippen LogP contribution in [0.3, 0.4) is 0 Å². The molecule has 0 spiro atoms. The minimum absolute atomic E-state index is 0.0359. The summed E-state index contributed by atoms with van der Waals surface area (Å²) < 4.78 is 30.8. The number of ketones is 1. The van der Waals surface area contributed by atoms with Crippen LogP contribution in [0.15, 0.2) is 41.8 Å². The summed E-state index contributed by atoms with van der Waals surface area (Å²) >= 11 is 1.48. The van der Waals surface area contributed by atoms with Crippen molar-refractivity contribution in [2.75, 3.05) is 0 Å². The third-order valence-corrected chi connectivity index (χ3v) is 6.37. The van der Waals surface area contributed by atoms with E-state index in [1.54, 1.807) is 0 Å². The van der Waals surface area contributed by atoms with Crippen LogP contribution in [0.4, 0.5) is 0 Å². The predicted molar refractivity (Wildman–Crippen MR) is 106 cm³/mol. The van der Waals surface area contributed by atoms with Gasteiger partial charge in [-0.2, -0.15) is 0 Å². The van der Waals surface area contributed by atoms with Crippen LogP contribution in [0.5, 0.6) is 0 Å². The van der Waals surface area contributed by atoms with Crippen LogP contribution in [0.2, 0.25) is 0 Å². The number of thiophene rings is 1. The van der Waals surface area contributed by atoms with Crippen molar-refractivity contribution < 1.29 is 28.5 Å². The summed E-state index contributed by atoms with van der Waals surface area (Å²) in [6, 6.07) is 11.1. The average Bonchev–Trinajstić information content (AvgIpc) is 3.34. The molecule has 0 aliphatic carbocycles. The SMILES string of the molecule is CC1(C)OC2C3OC(C)(C)O[C@H]3C(c3sccc3C(=O)c3ccccc3)O[C@@H]2O1. The van der Waals surface area contributed by atoms with Gasteiger partial charge in [-0.05, 0) is 39.1 Å². The Morgan fingerprint density at radius 3 is 2.28 bits per heavy atom. The quantitative estimate of drug-likeness (QED) is 0.704. The number of hydrogen-bond donors (Lipinski definition) is 0. The molecule has 6 nitrogen and oxygen atoms in total. The highest BCUT2D eigenvalue weighted by Crippen LogP contribution is 2.49. The summed E-state index contributed by atoms with van der Waals surface area (Å²) in [6.07, 6.45) is -2.21. The second kappa shape index (κ2) is 6.70. The maximum Gasteiger partial charge on any atom is 0.194 e. The molecule has 1 aromatic carbocycles. The standard InChI is InChI=1S/C22H24O6S/c1-21(2)25-15-16(26-21)18-20(28-22(3,4)27-18)24-17(15)19-13(10-11-29-19)14(23)12-8-6-5-7-9-12/h5-11,15-18,20H,1-4H3/t15-,16?,17?,18?,20-/m1/s1. The Bertz CT molecular complexity index is 920. The van der Waals surface area contributed by atoms with E-state index in [9.17, 15) is 4.79 Å². The molecular formula is C22H24O6S. The van der Waals surface area contributed by atoms with E-state index >= 15 is 0 Å². The molecule has 3 aliphatic rings. The molecule has 3 saturated heterocycles. The molecule has 4 heterocycles. The van der Waals surface area contributed by atoms with Crippen molar-refractivity contribution in [2.24, 2.45) is 0 Å². The first-order chi connectivity index (χ1) is 13.7. The average molecular weight is 416 g/mol. The summed E-state index contributed by atoms with van der Waals surface area (Å²) in [5, 5.41) is 1.91. The van der Waals surface area contributed by atoms with Crippen LogP contribution in [0.25, 0.3) is 0 Å². The lowest BCUT2D eigenvalue weighted by Gasteiger charge is -2.37. The van der Waals surface area contributed by atoms with Crippen molar-refractivity contribution in [2.45, 2.75) is 70.0 Å². The lowest BCUT2D eigenvalue weighted by Crippen LogP contribution is -2.51. The Hall–Kier alpha value is -1.61. The van der Waals surface area contributed by atoms with Crippen LogP contribution in [-0.4, -0.2) is 42.0 Å². The molecule has 0 saturated carbocycles. The fourth-order valence-corrected chi connectivity index (χ4v) is 5.26. The van der Waals surface area contributed by atoms with E-state index in [0.717, 1.165) is 4.88 Å². The molecule has 3 unspecified atom stereocenters. The Balaban J connectivity index is 1.52. The van der Waals surface area contributed by atoms with E-state index < -0.39 is 30.1 Å². The molecule has 0 radical (unpaired) electrons. The molecular weight excluding hydrogens is 392 g/mol. The molecule has 154 valence electrons. The highest BCUT2D eigenvalue weighted by atomic mass is 32.1. The number of carbonyl (C=O) groups excluding carboxylic acids is 1. The largest absolute Gasteiger partial charge is 0.342 e. The van der Waals surface area contributed by atoms with Crippen LogP contribution in [-0.2, 0) is 23.7 Å². The highest BCUT2D eigenvalue weighted by molar-refractivity contribution is 7.10. The first-order valence-corrected chi connectivity index (χ1v) is 10.7.